The number of aryl methyl sites for hydroxylation is 1. The molecule has 0 spiro atoms. The van der Waals surface area contributed by atoms with Crippen LogP contribution in [0.25, 0.3) is 0 Å². The van der Waals surface area contributed by atoms with E-state index < -0.39 is 0 Å². The van der Waals surface area contributed by atoms with Crippen LogP contribution in [-0.2, 0) is 23.2 Å². The molecule has 1 fully saturated rings. The molecule has 2 heterocycles. The van der Waals surface area contributed by atoms with Gasteiger partial charge in [-0.3, -0.25) is 4.79 Å². The van der Waals surface area contributed by atoms with E-state index in [4.69, 9.17) is 20.5 Å². The van der Waals surface area contributed by atoms with E-state index in [1.54, 1.807) is 6.07 Å². The number of rotatable bonds is 7. The lowest BCUT2D eigenvalue weighted by Crippen LogP contribution is -2.35. The number of carbonyl (C=O) groups is 1. The molecule has 1 N–H and O–H groups in total. The first-order valence-electron chi connectivity index (χ1n) is 8.91. The first kappa shape index (κ1) is 17.7. The quantitative estimate of drug-likeness (QED) is 0.668. The van der Waals surface area contributed by atoms with Gasteiger partial charge < -0.3 is 14.3 Å². The second-order valence-electron chi connectivity index (χ2n) is 6.71. The summed E-state index contributed by atoms with van der Waals surface area (Å²) in [7, 11) is 0. The molecule has 0 atom stereocenters. The topological polar surface area (TPSA) is 94.0 Å². The van der Waals surface area contributed by atoms with E-state index in [0.29, 0.717) is 35.5 Å². The lowest BCUT2D eigenvalue weighted by atomic mass is 9.64. The van der Waals surface area contributed by atoms with Crippen LogP contribution in [0.4, 0.5) is 0 Å². The Morgan fingerprint density at radius 3 is 2.67 bits per heavy atom. The first-order valence-corrected chi connectivity index (χ1v) is 9.28. The Labute approximate surface area is 161 Å². The van der Waals surface area contributed by atoms with Crippen molar-refractivity contribution < 1.29 is 13.7 Å². The minimum Gasteiger partial charge on any atom is -0.424 e. The molecule has 2 aromatic heterocycles. The maximum Gasteiger partial charge on any atom is 0.227 e. The number of hydrogen-bond donors (Lipinski definition) is 1. The predicted molar refractivity (Wildman–Crippen MR) is 97.1 cm³/mol. The third kappa shape index (κ3) is 3.73. The molecule has 27 heavy (non-hydrogen) atoms. The number of hydrogen-bond acceptors (Lipinski definition) is 6. The normalized spacial score (nSPS) is 15.3. The number of nitrogens with zero attached hydrogens (tertiary/aromatic N) is 3. The van der Waals surface area contributed by atoms with Gasteiger partial charge in [-0.15, -0.1) is 10.2 Å². The third-order valence-corrected chi connectivity index (χ3v) is 5.26. The lowest BCUT2D eigenvalue weighted by molar-refractivity contribution is -0.121. The number of amides is 1. The molecule has 0 bridgehead atoms. The maximum absolute atomic E-state index is 12.0. The lowest BCUT2D eigenvalue weighted by Gasteiger charge is -2.39. The van der Waals surface area contributed by atoms with Crippen molar-refractivity contribution in [3.63, 3.8) is 0 Å². The Kier molecular flexibility index (Phi) is 4.94. The van der Waals surface area contributed by atoms with Crippen LogP contribution in [0.15, 0.2) is 45.5 Å². The van der Waals surface area contributed by atoms with E-state index in [2.05, 4.69) is 20.7 Å². The zero-order chi connectivity index (χ0) is 18.7. The summed E-state index contributed by atoms with van der Waals surface area (Å²) >= 11 is 6.00. The molecule has 0 saturated heterocycles. The zero-order valence-electron chi connectivity index (χ0n) is 14.7. The summed E-state index contributed by atoms with van der Waals surface area (Å²) in [5, 5.41) is 15.6. The predicted octanol–water partition coefficient (Wildman–Crippen LogP) is 3.43. The van der Waals surface area contributed by atoms with E-state index >= 15 is 0 Å². The minimum absolute atomic E-state index is 0.103. The van der Waals surface area contributed by atoms with Crippen molar-refractivity contribution in [1.82, 2.24) is 20.7 Å². The number of benzene rings is 1. The van der Waals surface area contributed by atoms with Crippen molar-refractivity contribution in [3.8, 4) is 0 Å². The Morgan fingerprint density at radius 1 is 1.19 bits per heavy atom. The van der Waals surface area contributed by atoms with E-state index in [1.165, 1.54) is 6.26 Å². The molecule has 1 aliphatic carbocycles. The molecule has 140 valence electrons. The number of nitrogens with one attached hydrogen (secondary N) is 1. The zero-order valence-corrected chi connectivity index (χ0v) is 15.4. The highest BCUT2D eigenvalue weighted by molar-refractivity contribution is 6.30. The number of aromatic nitrogens is 3. The van der Waals surface area contributed by atoms with E-state index in [0.717, 1.165) is 24.8 Å². The Hall–Kier alpha value is -2.67. The van der Waals surface area contributed by atoms with Crippen molar-refractivity contribution in [2.24, 2.45) is 0 Å². The van der Waals surface area contributed by atoms with Crippen LogP contribution < -0.4 is 5.32 Å². The Balaban J connectivity index is 1.37. The van der Waals surface area contributed by atoms with Crippen molar-refractivity contribution in [1.29, 1.82) is 0 Å². The fourth-order valence-corrected chi connectivity index (χ4v) is 3.43. The molecule has 3 aromatic rings. The van der Waals surface area contributed by atoms with Crippen molar-refractivity contribution in [2.45, 2.75) is 44.1 Å². The number of halogens is 1. The van der Waals surface area contributed by atoms with Gasteiger partial charge in [0.2, 0.25) is 17.7 Å². The summed E-state index contributed by atoms with van der Waals surface area (Å²) in [6, 6.07) is 9.51. The Bertz CT molecular complexity index is 901. The molecule has 1 amide bonds. The largest absolute Gasteiger partial charge is 0.424 e. The number of carbonyl (C=O) groups excluding carboxylic acids is 1. The summed E-state index contributed by atoms with van der Waals surface area (Å²) in [4.78, 5) is 12.0. The molecular weight excluding hydrogens is 368 g/mol. The highest BCUT2D eigenvalue weighted by Gasteiger charge is 2.45. The smallest absolute Gasteiger partial charge is 0.227 e. The average molecular weight is 387 g/mol. The molecule has 4 rings (SSSR count). The van der Waals surface area contributed by atoms with Crippen LogP contribution in [-0.4, -0.2) is 21.3 Å². The second kappa shape index (κ2) is 7.52. The summed E-state index contributed by atoms with van der Waals surface area (Å²) in [5.41, 5.74) is 1.59. The molecule has 8 heteroatoms. The standard InChI is InChI=1S/C19H19ClN4O3/c20-14-4-2-13(3-5-14)19(9-1-10-19)18-23-22-17(27-18)7-6-16(25)21-12-15-8-11-26-24-15/h2-5,8,11H,1,6-7,9-10,12H2,(H,21,25). The van der Waals surface area contributed by atoms with Crippen LogP contribution >= 0.6 is 11.6 Å². The first-order chi connectivity index (χ1) is 13.2. The van der Waals surface area contributed by atoms with Gasteiger partial charge >= 0.3 is 0 Å². The van der Waals surface area contributed by atoms with Gasteiger partial charge in [0.05, 0.1) is 12.0 Å². The second-order valence-corrected chi connectivity index (χ2v) is 7.15. The molecular formula is C19H19ClN4O3. The fraction of sp³-hybridized carbons (Fsp3) is 0.368. The van der Waals surface area contributed by atoms with Crippen molar-refractivity contribution in [2.75, 3.05) is 0 Å². The van der Waals surface area contributed by atoms with Crippen LogP contribution in [0.1, 0.15) is 48.7 Å². The average Bonchev–Trinajstić information content (AvgIpc) is 3.31. The molecule has 1 aliphatic rings. The summed E-state index contributed by atoms with van der Waals surface area (Å²) in [6.07, 6.45) is 5.19. The molecule has 0 aliphatic heterocycles. The molecule has 0 radical (unpaired) electrons. The van der Waals surface area contributed by atoms with Gasteiger partial charge in [-0.1, -0.05) is 35.3 Å². The van der Waals surface area contributed by atoms with Gasteiger partial charge in [-0.05, 0) is 30.5 Å². The molecule has 7 nitrogen and oxygen atoms in total. The summed E-state index contributed by atoms with van der Waals surface area (Å²) in [5.74, 6) is 0.990. The van der Waals surface area contributed by atoms with Gasteiger partial charge in [0.1, 0.15) is 12.0 Å². The van der Waals surface area contributed by atoms with Gasteiger partial charge in [0.25, 0.3) is 0 Å². The fourth-order valence-electron chi connectivity index (χ4n) is 3.30. The van der Waals surface area contributed by atoms with E-state index in [1.807, 2.05) is 24.3 Å². The highest BCUT2D eigenvalue weighted by Crippen LogP contribution is 2.48. The molecule has 1 aromatic carbocycles. The van der Waals surface area contributed by atoms with Gasteiger partial charge in [0, 0.05) is 23.9 Å². The third-order valence-electron chi connectivity index (χ3n) is 5.00. The monoisotopic (exact) mass is 386 g/mol. The van der Waals surface area contributed by atoms with Crippen LogP contribution in [0.3, 0.4) is 0 Å². The molecule has 0 unspecified atom stereocenters. The summed E-state index contributed by atoms with van der Waals surface area (Å²) < 4.78 is 10.6. The van der Waals surface area contributed by atoms with Gasteiger partial charge in [-0.25, -0.2) is 0 Å². The van der Waals surface area contributed by atoms with Gasteiger partial charge in [-0.2, -0.15) is 0 Å². The van der Waals surface area contributed by atoms with Crippen LogP contribution in [0.5, 0.6) is 0 Å². The van der Waals surface area contributed by atoms with Gasteiger partial charge in [0.15, 0.2) is 0 Å². The summed E-state index contributed by atoms with van der Waals surface area (Å²) in [6.45, 7) is 0.337. The minimum atomic E-state index is -0.231. The van der Waals surface area contributed by atoms with Crippen molar-refractivity contribution in [3.05, 3.63) is 64.7 Å². The molecule has 1 saturated carbocycles. The van der Waals surface area contributed by atoms with Crippen LogP contribution in [0.2, 0.25) is 5.02 Å². The van der Waals surface area contributed by atoms with Crippen LogP contribution in [0, 0.1) is 0 Å². The van der Waals surface area contributed by atoms with E-state index in [-0.39, 0.29) is 17.7 Å². The SMILES string of the molecule is O=C(CCc1nnc(C2(c3ccc(Cl)cc3)CCC2)o1)NCc1ccon1. The van der Waals surface area contributed by atoms with Crippen molar-refractivity contribution >= 4 is 17.5 Å². The Morgan fingerprint density at radius 2 is 2.00 bits per heavy atom. The maximum atomic E-state index is 12.0. The van der Waals surface area contributed by atoms with E-state index in [9.17, 15) is 4.79 Å². The highest BCUT2D eigenvalue weighted by atomic mass is 35.5.